The smallest absolute Gasteiger partial charge is 0.326 e. The summed E-state index contributed by atoms with van der Waals surface area (Å²) in [7, 11) is 0. The van der Waals surface area contributed by atoms with Gasteiger partial charge >= 0.3 is 5.97 Å². The number of nitrogens with two attached hydrogens (primary N) is 1. The van der Waals surface area contributed by atoms with E-state index in [1.54, 1.807) is 0 Å². The number of aliphatic carboxylic acids is 1. The molecule has 0 spiro atoms. The molecule has 0 saturated heterocycles. The van der Waals surface area contributed by atoms with Crippen molar-refractivity contribution in [3.63, 3.8) is 0 Å². The number of carboxylic acid groups (broad SMARTS) is 1. The molecular formula is C9H10N2O5. The van der Waals surface area contributed by atoms with Crippen molar-refractivity contribution in [2.45, 2.75) is 12.5 Å². The molecule has 1 aromatic rings. The number of nitrogens with one attached hydrogen (secondary N) is 1. The molecule has 0 bridgehead atoms. The molecule has 1 rings (SSSR count). The van der Waals surface area contributed by atoms with Gasteiger partial charge in [0, 0.05) is 0 Å². The maximum Gasteiger partial charge on any atom is 0.326 e. The van der Waals surface area contributed by atoms with Crippen molar-refractivity contribution in [3.05, 3.63) is 24.2 Å². The SMILES string of the molecule is NC(=O)C[C@H](NC(=O)c1ccco1)C(=O)O. The summed E-state index contributed by atoms with van der Waals surface area (Å²) in [6, 6.07) is 1.51. The summed E-state index contributed by atoms with van der Waals surface area (Å²) in [6.07, 6.45) is 0.806. The Bertz CT molecular complexity index is 398. The molecule has 1 aromatic heterocycles. The van der Waals surface area contributed by atoms with Crippen LogP contribution in [0.1, 0.15) is 17.0 Å². The maximum atomic E-state index is 11.4. The molecule has 0 radical (unpaired) electrons. The first-order valence-corrected chi connectivity index (χ1v) is 4.36. The zero-order valence-corrected chi connectivity index (χ0v) is 8.17. The van der Waals surface area contributed by atoms with E-state index in [0.29, 0.717) is 0 Å². The lowest BCUT2D eigenvalue weighted by Gasteiger charge is -2.11. The second-order valence-corrected chi connectivity index (χ2v) is 3.01. The Morgan fingerprint density at radius 1 is 1.50 bits per heavy atom. The van der Waals surface area contributed by atoms with Crippen molar-refractivity contribution in [1.29, 1.82) is 0 Å². The van der Waals surface area contributed by atoms with Gasteiger partial charge in [-0.15, -0.1) is 0 Å². The molecule has 0 aliphatic rings. The molecule has 7 heteroatoms. The normalized spacial score (nSPS) is 11.8. The lowest BCUT2D eigenvalue weighted by atomic mass is 10.2. The minimum atomic E-state index is -1.35. The first-order chi connectivity index (χ1) is 7.50. The number of amides is 2. The molecule has 86 valence electrons. The summed E-state index contributed by atoms with van der Waals surface area (Å²) in [6.45, 7) is 0. The highest BCUT2D eigenvalue weighted by molar-refractivity contribution is 5.95. The number of carbonyl (C=O) groups excluding carboxylic acids is 2. The number of hydrogen-bond donors (Lipinski definition) is 3. The fourth-order valence-electron chi connectivity index (χ4n) is 1.04. The third-order valence-corrected chi connectivity index (χ3v) is 1.75. The number of rotatable bonds is 5. The summed E-state index contributed by atoms with van der Waals surface area (Å²) < 4.78 is 4.76. The number of primary amides is 1. The van der Waals surface area contributed by atoms with E-state index >= 15 is 0 Å². The van der Waals surface area contributed by atoms with Crippen LogP contribution in [0.4, 0.5) is 0 Å². The summed E-state index contributed by atoms with van der Waals surface area (Å²) in [4.78, 5) is 32.6. The number of carboxylic acids is 1. The standard InChI is InChI=1S/C9H10N2O5/c10-7(12)4-5(9(14)15)11-8(13)6-2-1-3-16-6/h1-3,5H,4H2,(H2,10,12)(H,11,13)(H,14,15)/t5-/m0/s1. The van der Waals surface area contributed by atoms with Crippen LogP contribution in [0, 0.1) is 0 Å². The number of carbonyl (C=O) groups is 3. The molecule has 0 unspecified atom stereocenters. The summed E-state index contributed by atoms with van der Waals surface area (Å²) in [5.74, 6) is -2.89. The van der Waals surface area contributed by atoms with Crippen molar-refractivity contribution in [1.82, 2.24) is 5.32 Å². The van der Waals surface area contributed by atoms with Gasteiger partial charge in [-0.3, -0.25) is 9.59 Å². The predicted octanol–water partition coefficient (Wildman–Crippen LogP) is -0.662. The molecule has 0 aromatic carbocycles. The minimum absolute atomic E-state index is 0.0317. The van der Waals surface area contributed by atoms with Gasteiger partial charge in [-0.05, 0) is 12.1 Å². The van der Waals surface area contributed by atoms with Crippen molar-refractivity contribution in [2.75, 3.05) is 0 Å². The molecule has 2 amide bonds. The Balaban J connectivity index is 2.65. The van der Waals surface area contributed by atoms with E-state index in [-0.39, 0.29) is 5.76 Å². The number of furan rings is 1. The highest BCUT2D eigenvalue weighted by Crippen LogP contribution is 2.01. The van der Waals surface area contributed by atoms with Gasteiger partial charge in [0.15, 0.2) is 5.76 Å². The Kier molecular flexibility index (Phi) is 3.65. The van der Waals surface area contributed by atoms with E-state index in [4.69, 9.17) is 15.3 Å². The van der Waals surface area contributed by atoms with Gasteiger partial charge in [0.1, 0.15) is 6.04 Å². The highest BCUT2D eigenvalue weighted by Gasteiger charge is 2.23. The van der Waals surface area contributed by atoms with Crippen LogP contribution in [0.25, 0.3) is 0 Å². The third kappa shape index (κ3) is 3.12. The van der Waals surface area contributed by atoms with Gasteiger partial charge in [-0.2, -0.15) is 0 Å². The molecule has 16 heavy (non-hydrogen) atoms. The van der Waals surface area contributed by atoms with Gasteiger partial charge < -0.3 is 20.6 Å². The quantitative estimate of drug-likeness (QED) is 0.614. The van der Waals surface area contributed by atoms with Crippen LogP contribution in [0.2, 0.25) is 0 Å². The van der Waals surface area contributed by atoms with E-state index in [9.17, 15) is 14.4 Å². The zero-order valence-electron chi connectivity index (χ0n) is 8.17. The topological polar surface area (TPSA) is 123 Å². The van der Waals surface area contributed by atoms with Crippen LogP contribution >= 0.6 is 0 Å². The Hall–Kier alpha value is -2.31. The van der Waals surface area contributed by atoms with Crippen LogP contribution in [-0.4, -0.2) is 28.9 Å². The van der Waals surface area contributed by atoms with Crippen LogP contribution in [0.3, 0.4) is 0 Å². The molecular weight excluding hydrogens is 216 g/mol. The van der Waals surface area contributed by atoms with E-state index in [2.05, 4.69) is 5.32 Å². The van der Waals surface area contributed by atoms with Crippen molar-refractivity contribution < 1.29 is 23.9 Å². The average molecular weight is 226 g/mol. The first kappa shape index (κ1) is 11.8. The van der Waals surface area contributed by atoms with Crippen LogP contribution < -0.4 is 11.1 Å². The van der Waals surface area contributed by atoms with Gasteiger partial charge in [-0.1, -0.05) is 0 Å². The molecule has 7 nitrogen and oxygen atoms in total. The monoisotopic (exact) mass is 226 g/mol. The van der Waals surface area contributed by atoms with Crippen molar-refractivity contribution >= 4 is 17.8 Å². The average Bonchev–Trinajstić information content (AvgIpc) is 2.68. The van der Waals surface area contributed by atoms with E-state index in [1.165, 1.54) is 18.4 Å². The van der Waals surface area contributed by atoms with Crippen molar-refractivity contribution in [3.8, 4) is 0 Å². The van der Waals surface area contributed by atoms with E-state index in [1.807, 2.05) is 0 Å². The second kappa shape index (κ2) is 4.96. The van der Waals surface area contributed by atoms with Crippen LogP contribution in [-0.2, 0) is 9.59 Å². The number of hydrogen-bond acceptors (Lipinski definition) is 4. The van der Waals surface area contributed by atoms with Crippen LogP contribution in [0.15, 0.2) is 22.8 Å². The first-order valence-electron chi connectivity index (χ1n) is 4.36. The lowest BCUT2D eigenvalue weighted by Crippen LogP contribution is -2.43. The summed E-state index contributed by atoms with van der Waals surface area (Å²) in [5.41, 5.74) is 4.85. The highest BCUT2D eigenvalue weighted by atomic mass is 16.4. The van der Waals surface area contributed by atoms with E-state index < -0.39 is 30.2 Å². The molecule has 0 saturated carbocycles. The van der Waals surface area contributed by atoms with E-state index in [0.717, 1.165) is 0 Å². The zero-order chi connectivity index (χ0) is 12.1. The van der Waals surface area contributed by atoms with Crippen LogP contribution in [0.5, 0.6) is 0 Å². The van der Waals surface area contributed by atoms with Gasteiger partial charge in [0.05, 0.1) is 12.7 Å². The molecule has 0 aliphatic carbocycles. The molecule has 4 N–H and O–H groups in total. The largest absolute Gasteiger partial charge is 0.480 e. The lowest BCUT2D eigenvalue weighted by molar-refractivity contribution is -0.140. The Morgan fingerprint density at radius 2 is 2.19 bits per heavy atom. The van der Waals surface area contributed by atoms with Gasteiger partial charge in [0.25, 0.3) is 5.91 Å². The summed E-state index contributed by atoms with van der Waals surface area (Å²) in [5, 5.41) is 10.8. The summed E-state index contributed by atoms with van der Waals surface area (Å²) >= 11 is 0. The molecule has 0 aliphatic heterocycles. The fourth-order valence-corrected chi connectivity index (χ4v) is 1.04. The molecule has 1 heterocycles. The fraction of sp³-hybridized carbons (Fsp3) is 0.222. The Labute approximate surface area is 90.2 Å². The molecule has 1 atom stereocenters. The predicted molar refractivity (Wildman–Crippen MR) is 51.4 cm³/mol. The minimum Gasteiger partial charge on any atom is -0.480 e. The maximum absolute atomic E-state index is 11.4. The molecule has 0 fully saturated rings. The van der Waals surface area contributed by atoms with Crippen molar-refractivity contribution in [2.24, 2.45) is 5.73 Å². The second-order valence-electron chi connectivity index (χ2n) is 3.01. The van der Waals surface area contributed by atoms with Gasteiger partial charge in [-0.25, -0.2) is 4.79 Å². The third-order valence-electron chi connectivity index (χ3n) is 1.75. The Morgan fingerprint density at radius 3 is 2.62 bits per heavy atom. The van der Waals surface area contributed by atoms with Gasteiger partial charge in [0.2, 0.25) is 5.91 Å².